The molecular formula is C22H30FN3O3. The second kappa shape index (κ2) is 8.93. The molecule has 158 valence electrons. The van der Waals surface area contributed by atoms with Gasteiger partial charge in [-0.1, -0.05) is 51.7 Å². The Balaban J connectivity index is 1.76. The summed E-state index contributed by atoms with van der Waals surface area (Å²) in [5, 5.41) is 5.78. The predicted octanol–water partition coefficient (Wildman–Crippen LogP) is 3.46. The Hall–Kier alpha value is -2.44. The average Bonchev–Trinajstić information content (AvgIpc) is 2.94. The third kappa shape index (κ3) is 4.43. The summed E-state index contributed by atoms with van der Waals surface area (Å²) in [4.78, 5) is 39.5. The molecule has 7 heteroatoms. The van der Waals surface area contributed by atoms with E-state index in [0.29, 0.717) is 24.3 Å². The molecule has 6 nitrogen and oxygen atoms in total. The van der Waals surface area contributed by atoms with Gasteiger partial charge in [0, 0.05) is 6.04 Å². The van der Waals surface area contributed by atoms with Crippen molar-refractivity contribution in [1.82, 2.24) is 15.5 Å². The maximum atomic E-state index is 13.4. The van der Waals surface area contributed by atoms with Crippen molar-refractivity contribution in [2.75, 3.05) is 6.54 Å². The van der Waals surface area contributed by atoms with E-state index >= 15 is 0 Å². The van der Waals surface area contributed by atoms with Crippen LogP contribution in [0.25, 0.3) is 0 Å². The standard InChI is InChI=1S/C22H30FN3O3/c1-3-4-13-22(16-9-11-17(23)12-10-16)20(28)26(21(29)25-22)14-19(27)24-18-8-6-5-7-15(18)2/h9-12,15,18H,3-8,13-14H2,1-2H3,(H,24,27)(H,25,29). The summed E-state index contributed by atoms with van der Waals surface area (Å²) in [5.41, 5.74) is -0.714. The van der Waals surface area contributed by atoms with Gasteiger partial charge in [-0.05, 0) is 42.9 Å². The molecule has 3 unspecified atom stereocenters. The number of amides is 4. The fourth-order valence-corrected chi connectivity index (χ4v) is 4.38. The number of unbranched alkanes of at least 4 members (excludes halogenated alkanes) is 1. The molecule has 0 radical (unpaired) electrons. The molecule has 1 saturated carbocycles. The van der Waals surface area contributed by atoms with Crippen molar-refractivity contribution in [2.45, 2.75) is 70.4 Å². The minimum atomic E-state index is -1.25. The summed E-state index contributed by atoms with van der Waals surface area (Å²) in [6.07, 6.45) is 6.18. The highest BCUT2D eigenvalue weighted by Crippen LogP contribution is 2.34. The van der Waals surface area contributed by atoms with Gasteiger partial charge in [0.25, 0.3) is 5.91 Å². The molecule has 2 fully saturated rings. The Morgan fingerprint density at radius 2 is 1.93 bits per heavy atom. The zero-order valence-corrected chi connectivity index (χ0v) is 17.2. The zero-order chi connectivity index (χ0) is 21.0. The van der Waals surface area contributed by atoms with Crippen LogP contribution in [0.1, 0.15) is 64.4 Å². The average molecular weight is 403 g/mol. The molecule has 0 spiro atoms. The SMILES string of the molecule is CCCCC1(c2ccc(F)cc2)NC(=O)N(CC(=O)NC2CCCCC2C)C1=O. The molecule has 4 amide bonds. The monoisotopic (exact) mass is 403 g/mol. The van der Waals surface area contributed by atoms with Crippen molar-refractivity contribution < 1.29 is 18.8 Å². The first kappa shape index (κ1) is 21.3. The van der Waals surface area contributed by atoms with Gasteiger partial charge in [0.1, 0.15) is 17.9 Å². The van der Waals surface area contributed by atoms with Crippen LogP contribution < -0.4 is 10.6 Å². The molecule has 3 rings (SSSR count). The number of hydrogen-bond acceptors (Lipinski definition) is 3. The fourth-order valence-electron chi connectivity index (χ4n) is 4.38. The molecule has 1 aromatic rings. The van der Waals surface area contributed by atoms with E-state index in [1.54, 1.807) is 0 Å². The summed E-state index contributed by atoms with van der Waals surface area (Å²) in [6.45, 7) is 3.81. The molecule has 3 atom stereocenters. The van der Waals surface area contributed by atoms with Crippen molar-refractivity contribution in [3.63, 3.8) is 0 Å². The molecule has 0 aromatic heterocycles. The lowest BCUT2D eigenvalue weighted by molar-refractivity contribution is -0.135. The van der Waals surface area contributed by atoms with Gasteiger partial charge in [0.2, 0.25) is 5.91 Å². The number of carbonyl (C=O) groups is 3. The maximum Gasteiger partial charge on any atom is 0.325 e. The summed E-state index contributed by atoms with van der Waals surface area (Å²) < 4.78 is 13.4. The highest BCUT2D eigenvalue weighted by molar-refractivity contribution is 6.09. The molecule has 0 bridgehead atoms. The highest BCUT2D eigenvalue weighted by atomic mass is 19.1. The first-order chi connectivity index (χ1) is 13.9. The lowest BCUT2D eigenvalue weighted by Crippen LogP contribution is -2.48. The molecule has 2 aliphatic rings. The van der Waals surface area contributed by atoms with E-state index in [2.05, 4.69) is 17.6 Å². The van der Waals surface area contributed by atoms with Crippen molar-refractivity contribution in [3.05, 3.63) is 35.6 Å². The molecule has 2 N–H and O–H groups in total. The molecule has 1 aliphatic heterocycles. The van der Waals surface area contributed by atoms with Crippen LogP contribution in [0, 0.1) is 11.7 Å². The van der Waals surface area contributed by atoms with Gasteiger partial charge < -0.3 is 10.6 Å². The van der Waals surface area contributed by atoms with Crippen molar-refractivity contribution in [2.24, 2.45) is 5.92 Å². The smallest absolute Gasteiger partial charge is 0.325 e. The highest BCUT2D eigenvalue weighted by Gasteiger charge is 2.52. The van der Waals surface area contributed by atoms with Crippen molar-refractivity contribution >= 4 is 17.8 Å². The summed E-state index contributed by atoms with van der Waals surface area (Å²) in [5.74, 6) is -0.792. The number of benzene rings is 1. The number of nitrogens with one attached hydrogen (secondary N) is 2. The van der Waals surface area contributed by atoms with Gasteiger partial charge in [-0.25, -0.2) is 9.18 Å². The van der Waals surface area contributed by atoms with Gasteiger partial charge in [-0.15, -0.1) is 0 Å². The Morgan fingerprint density at radius 3 is 2.59 bits per heavy atom. The summed E-state index contributed by atoms with van der Waals surface area (Å²) >= 11 is 0. The van der Waals surface area contributed by atoms with Crippen LogP contribution in [0.5, 0.6) is 0 Å². The number of nitrogens with zero attached hydrogens (tertiary/aromatic N) is 1. The van der Waals surface area contributed by atoms with Crippen molar-refractivity contribution in [1.29, 1.82) is 0 Å². The number of hydrogen-bond donors (Lipinski definition) is 2. The molecule has 1 aromatic carbocycles. The van der Waals surface area contributed by atoms with E-state index in [1.807, 2.05) is 6.92 Å². The third-order valence-corrected chi connectivity index (χ3v) is 6.18. The lowest BCUT2D eigenvalue weighted by atomic mass is 9.84. The van der Waals surface area contributed by atoms with Crippen LogP contribution in [0.4, 0.5) is 9.18 Å². The van der Waals surface area contributed by atoms with E-state index in [9.17, 15) is 18.8 Å². The molecule has 29 heavy (non-hydrogen) atoms. The Bertz CT molecular complexity index is 767. The van der Waals surface area contributed by atoms with Gasteiger partial charge in [-0.3, -0.25) is 14.5 Å². The van der Waals surface area contributed by atoms with Crippen LogP contribution in [0.15, 0.2) is 24.3 Å². The predicted molar refractivity (Wildman–Crippen MR) is 107 cm³/mol. The van der Waals surface area contributed by atoms with Crippen LogP contribution in [0.2, 0.25) is 0 Å². The van der Waals surface area contributed by atoms with Crippen LogP contribution in [-0.2, 0) is 15.1 Å². The number of urea groups is 1. The van der Waals surface area contributed by atoms with E-state index in [-0.39, 0.29) is 18.5 Å². The van der Waals surface area contributed by atoms with E-state index in [0.717, 1.165) is 37.0 Å². The number of imide groups is 1. The van der Waals surface area contributed by atoms with Crippen LogP contribution >= 0.6 is 0 Å². The number of carbonyl (C=O) groups excluding carboxylic acids is 3. The Labute approximate surface area is 171 Å². The van der Waals surface area contributed by atoms with E-state index < -0.39 is 23.3 Å². The normalized spacial score (nSPS) is 27.1. The van der Waals surface area contributed by atoms with E-state index in [4.69, 9.17) is 0 Å². The van der Waals surface area contributed by atoms with E-state index in [1.165, 1.54) is 24.3 Å². The van der Waals surface area contributed by atoms with Gasteiger partial charge in [-0.2, -0.15) is 0 Å². The Morgan fingerprint density at radius 1 is 1.24 bits per heavy atom. The quantitative estimate of drug-likeness (QED) is 0.685. The minimum absolute atomic E-state index is 0.0824. The van der Waals surface area contributed by atoms with Gasteiger partial charge in [0.15, 0.2) is 0 Å². The molecule has 1 aliphatic carbocycles. The van der Waals surface area contributed by atoms with Gasteiger partial charge in [0.05, 0.1) is 0 Å². The Kier molecular flexibility index (Phi) is 6.55. The lowest BCUT2D eigenvalue weighted by Gasteiger charge is -2.30. The van der Waals surface area contributed by atoms with Crippen molar-refractivity contribution in [3.8, 4) is 0 Å². The number of halogens is 1. The topological polar surface area (TPSA) is 78.5 Å². The first-order valence-corrected chi connectivity index (χ1v) is 10.6. The summed E-state index contributed by atoms with van der Waals surface area (Å²) in [6, 6.07) is 5.11. The van der Waals surface area contributed by atoms with Crippen LogP contribution in [-0.4, -0.2) is 35.3 Å². The number of rotatable bonds is 7. The fraction of sp³-hybridized carbons (Fsp3) is 0.591. The minimum Gasteiger partial charge on any atom is -0.352 e. The van der Waals surface area contributed by atoms with Gasteiger partial charge >= 0.3 is 6.03 Å². The zero-order valence-electron chi connectivity index (χ0n) is 17.2. The summed E-state index contributed by atoms with van der Waals surface area (Å²) in [7, 11) is 0. The third-order valence-electron chi connectivity index (χ3n) is 6.18. The largest absolute Gasteiger partial charge is 0.352 e. The molecular weight excluding hydrogens is 373 g/mol. The first-order valence-electron chi connectivity index (χ1n) is 10.6. The maximum absolute atomic E-state index is 13.4. The van der Waals surface area contributed by atoms with Crippen LogP contribution in [0.3, 0.4) is 0 Å². The molecule has 1 heterocycles. The molecule has 1 saturated heterocycles. The second-order valence-electron chi connectivity index (χ2n) is 8.27. The second-order valence-corrected chi connectivity index (χ2v) is 8.27.